The number of esters is 1. The fraction of sp³-hybridized carbons (Fsp3) is 0.769. The summed E-state index contributed by atoms with van der Waals surface area (Å²) in [6, 6.07) is -1.44. The van der Waals surface area contributed by atoms with E-state index in [0.717, 1.165) is 0 Å². The molecule has 116 valence electrons. The minimum absolute atomic E-state index is 0.0822. The zero-order valence-electron chi connectivity index (χ0n) is 12.5. The summed E-state index contributed by atoms with van der Waals surface area (Å²) in [7, 11) is 1.50. The molecule has 0 aliphatic carbocycles. The molecule has 2 amide bonds. The molecule has 0 heterocycles. The molecule has 2 N–H and O–H groups in total. The summed E-state index contributed by atoms with van der Waals surface area (Å²) >= 11 is 0. The average Bonchev–Trinajstić information content (AvgIpc) is 2.40. The van der Waals surface area contributed by atoms with Gasteiger partial charge in [-0.25, -0.2) is 9.59 Å². The Kier molecular flexibility index (Phi) is 8.35. The normalized spacial score (nSPS) is 13.2. The van der Waals surface area contributed by atoms with Gasteiger partial charge in [-0.15, -0.1) is 0 Å². The van der Waals surface area contributed by atoms with Crippen molar-refractivity contribution >= 4 is 18.0 Å². The van der Waals surface area contributed by atoms with E-state index in [9.17, 15) is 14.4 Å². The van der Waals surface area contributed by atoms with Crippen LogP contribution in [0.25, 0.3) is 0 Å². The zero-order chi connectivity index (χ0) is 15.7. The molecule has 0 fully saturated rings. The Morgan fingerprint density at radius 2 is 1.90 bits per heavy atom. The second-order valence-electron chi connectivity index (χ2n) is 4.63. The summed E-state index contributed by atoms with van der Waals surface area (Å²) in [5.74, 6) is -1.62. The first-order valence-corrected chi connectivity index (χ1v) is 6.73. The third-order valence-electron chi connectivity index (χ3n) is 3.06. The molecule has 0 rings (SSSR count). The highest BCUT2D eigenvalue weighted by Crippen LogP contribution is 2.08. The van der Waals surface area contributed by atoms with E-state index >= 15 is 0 Å². The SMILES string of the molecule is CCOC(=O)CCN(C)C(=O)N[C@H](C(=O)O)C(C)CC. The number of carboxylic acids is 1. The molecule has 2 atom stereocenters. The highest BCUT2D eigenvalue weighted by atomic mass is 16.5. The van der Waals surface area contributed by atoms with Gasteiger partial charge < -0.3 is 20.1 Å². The Hall–Kier alpha value is -1.79. The highest BCUT2D eigenvalue weighted by molar-refractivity contribution is 5.83. The minimum Gasteiger partial charge on any atom is -0.480 e. The Bertz CT molecular complexity index is 346. The number of carbonyl (C=O) groups is 3. The average molecular weight is 288 g/mol. The Labute approximate surface area is 119 Å². The number of nitrogens with one attached hydrogen (secondary N) is 1. The number of urea groups is 1. The number of hydrogen-bond donors (Lipinski definition) is 2. The molecular weight excluding hydrogens is 264 g/mol. The molecule has 0 bridgehead atoms. The highest BCUT2D eigenvalue weighted by Gasteiger charge is 2.26. The van der Waals surface area contributed by atoms with Gasteiger partial charge in [-0.3, -0.25) is 4.79 Å². The Morgan fingerprint density at radius 3 is 2.35 bits per heavy atom. The topological polar surface area (TPSA) is 95.9 Å². The molecule has 0 saturated heterocycles. The molecule has 0 spiro atoms. The molecule has 0 aromatic rings. The smallest absolute Gasteiger partial charge is 0.326 e. The van der Waals surface area contributed by atoms with Crippen molar-refractivity contribution in [1.29, 1.82) is 0 Å². The predicted molar refractivity (Wildman–Crippen MR) is 73.3 cm³/mol. The lowest BCUT2D eigenvalue weighted by atomic mass is 9.99. The molecule has 0 aromatic carbocycles. The van der Waals surface area contributed by atoms with Crippen molar-refractivity contribution in [2.75, 3.05) is 20.2 Å². The van der Waals surface area contributed by atoms with Crippen molar-refractivity contribution in [2.24, 2.45) is 5.92 Å². The van der Waals surface area contributed by atoms with Gasteiger partial charge in [-0.2, -0.15) is 0 Å². The summed E-state index contributed by atoms with van der Waals surface area (Å²) in [5.41, 5.74) is 0. The number of carbonyl (C=O) groups excluding carboxylic acids is 2. The summed E-state index contributed by atoms with van der Waals surface area (Å²) in [6.07, 6.45) is 0.725. The molecule has 7 nitrogen and oxygen atoms in total. The molecule has 0 saturated carbocycles. The van der Waals surface area contributed by atoms with Gasteiger partial charge in [0.15, 0.2) is 0 Å². The lowest BCUT2D eigenvalue weighted by molar-refractivity contribution is -0.143. The van der Waals surface area contributed by atoms with Gasteiger partial charge in [0.25, 0.3) is 0 Å². The van der Waals surface area contributed by atoms with Crippen LogP contribution in [0.4, 0.5) is 4.79 Å². The fourth-order valence-electron chi connectivity index (χ4n) is 1.52. The maximum Gasteiger partial charge on any atom is 0.326 e. The Balaban J connectivity index is 4.35. The fourth-order valence-corrected chi connectivity index (χ4v) is 1.52. The second-order valence-corrected chi connectivity index (χ2v) is 4.63. The van der Waals surface area contributed by atoms with Crippen molar-refractivity contribution < 1.29 is 24.2 Å². The molecule has 0 aliphatic heterocycles. The van der Waals surface area contributed by atoms with E-state index in [1.165, 1.54) is 11.9 Å². The van der Waals surface area contributed by atoms with E-state index in [-0.39, 0.29) is 24.9 Å². The van der Waals surface area contributed by atoms with Crippen LogP contribution in [0.2, 0.25) is 0 Å². The predicted octanol–water partition coefficient (Wildman–Crippen LogP) is 1.08. The molecule has 7 heteroatoms. The van der Waals surface area contributed by atoms with Crippen LogP contribution in [0.3, 0.4) is 0 Å². The maximum atomic E-state index is 11.8. The number of aliphatic carboxylic acids is 1. The van der Waals surface area contributed by atoms with Crippen molar-refractivity contribution in [3.8, 4) is 0 Å². The van der Waals surface area contributed by atoms with Gasteiger partial charge in [0.1, 0.15) is 6.04 Å². The van der Waals surface area contributed by atoms with Crippen LogP contribution in [0, 0.1) is 5.92 Å². The van der Waals surface area contributed by atoms with Gasteiger partial charge >= 0.3 is 18.0 Å². The number of carboxylic acid groups (broad SMARTS) is 1. The minimum atomic E-state index is -1.06. The van der Waals surface area contributed by atoms with E-state index in [1.807, 2.05) is 6.92 Å². The number of nitrogens with zero attached hydrogens (tertiary/aromatic N) is 1. The first kappa shape index (κ1) is 18.2. The van der Waals surface area contributed by atoms with E-state index in [0.29, 0.717) is 13.0 Å². The second kappa shape index (κ2) is 9.17. The summed E-state index contributed by atoms with van der Waals surface area (Å²) in [6.45, 7) is 5.80. The number of ether oxygens (including phenoxy) is 1. The van der Waals surface area contributed by atoms with Crippen LogP contribution < -0.4 is 5.32 Å². The van der Waals surface area contributed by atoms with Crippen molar-refractivity contribution in [1.82, 2.24) is 10.2 Å². The van der Waals surface area contributed by atoms with Crippen molar-refractivity contribution in [3.05, 3.63) is 0 Å². The molecular formula is C13H24N2O5. The van der Waals surface area contributed by atoms with Crippen LogP contribution >= 0.6 is 0 Å². The third-order valence-corrected chi connectivity index (χ3v) is 3.06. The maximum absolute atomic E-state index is 11.8. The lowest BCUT2D eigenvalue weighted by Crippen LogP contribution is -2.49. The monoisotopic (exact) mass is 288 g/mol. The van der Waals surface area contributed by atoms with E-state index in [4.69, 9.17) is 9.84 Å². The standard InChI is InChI=1S/C13H24N2O5/c1-5-9(3)11(12(17)18)14-13(19)15(4)8-7-10(16)20-6-2/h9,11H,5-8H2,1-4H3,(H,14,19)(H,17,18)/t9?,11-/m0/s1. The molecule has 1 unspecified atom stereocenters. The van der Waals surface area contributed by atoms with Gasteiger partial charge in [-0.1, -0.05) is 20.3 Å². The first-order chi connectivity index (χ1) is 9.33. The molecule has 0 aromatic heterocycles. The quantitative estimate of drug-likeness (QED) is 0.652. The molecule has 0 radical (unpaired) electrons. The Morgan fingerprint density at radius 1 is 1.30 bits per heavy atom. The number of rotatable bonds is 8. The van der Waals surface area contributed by atoms with Crippen LogP contribution in [-0.2, 0) is 14.3 Å². The van der Waals surface area contributed by atoms with Gasteiger partial charge in [0.2, 0.25) is 0 Å². The van der Waals surface area contributed by atoms with Crippen LogP contribution in [0.5, 0.6) is 0 Å². The van der Waals surface area contributed by atoms with Crippen molar-refractivity contribution in [3.63, 3.8) is 0 Å². The summed E-state index contributed by atoms with van der Waals surface area (Å²) in [5, 5.41) is 11.5. The number of hydrogen-bond acceptors (Lipinski definition) is 4. The largest absolute Gasteiger partial charge is 0.480 e. The van der Waals surface area contributed by atoms with Crippen LogP contribution in [-0.4, -0.2) is 54.2 Å². The zero-order valence-corrected chi connectivity index (χ0v) is 12.5. The third kappa shape index (κ3) is 6.40. The van der Waals surface area contributed by atoms with Gasteiger partial charge in [-0.05, 0) is 12.8 Å². The van der Waals surface area contributed by atoms with Gasteiger partial charge in [0, 0.05) is 13.6 Å². The van der Waals surface area contributed by atoms with E-state index in [2.05, 4.69) is 5.32 Å². The van der Waals surface area contributed by atoms with E-state index < -0.39 is 18.0 Å². The summed E-state index contributed by atoms with van der Waals surface area (Å²) < 4.78 is 4.76. The van der Waals surface area contributed by atoms with Gasteiger partial charge in [0.05, 0.1) is 13.0 Å². The number of amides is 2. The summed E-state index contributed by atoms with van der Waals surface area (Å²) in [4.78, 5) is 35.4. The van der Waals surface area contributed by atoms with Crippen molar-refractivity contribution in [2.45, 2.75) is 39.7 Å². The van der Waals surface area contributed by atoms with Crippen LogP contribution in [0.1, 0.15) is 33.6 Å². The van der Waals surface area contributed by atoms with Crippen LogP contribution in [0.15, 0.2) is 0 Å². The molecule has 20 heavy (non-hydrogen) atoms. The van der Waals surface area contributed by atoms with E-state index in [1.54, 1.807) is 13.8 Å². The molecule has 0 aliphatic rings. The first-order valence-electron chi connectivity index (χ1n) is 6.73. The lowest BCUT2D eigenvalue weighted by Gasteiger charge is -2.24.